The third-order valence-electron chi connectivity index (χ3n) is 2.50. The van der Waals surface area contributed by atoms with Gasteiger partial charge in [0.2, 0.25) is 0 Å². The summed E-state index contributed by atoms with van der Waals surface area (Å²) in [6.45, 7) is 2.16. The van der Waals surface area contributed by atoms with E-state index in [1.165, 1.54) is 37.7 Å². The Balaban J connectivity index is 0.000000145. The molecular weight excluding hydrogens is 156 g/mol. The van der Waals surface area contributed by atoms with Crippen molar-refractivity contribution in [3.63, 3.8) is 0 Å². The molecule has 0 radical (unpaired) electrons. The number of benzene rings is 1. The molecule has 13 heavy (non-hydrogen) atoms. The molecule has 1 aromatic carbocycles. The molecule has 0 unspecified atom stereocenters. The molecule has 0 saturated heterocycles. The average molecular weight is 176 g/mol. The van der Waals surface area contributed by atoms with E-state index >= 15 is 0 Å². The van der Waals surface area contributed by atoms with E-state index in [-0.39, 0.29) is 0 Å². The van der Waals surface area contributed by atoms with Crippen LogP contribution in [0.15, 0.2) is 30.3 Å². The molecule has 1 aliphatic carbocycles. The maximum absolute atomic E-state index is 2.16. The maximum Gasteiger partial charge on any atom is -0.0307 e. The molecule has 0 spiro atoms. The van der Waals surface area contributed by atoms with Gasteiger partial charge in [0.05, 0.1) is 0 Å². The Morgan fingerprint density at radius 1 is 0.846 bits per heavy atom. The van der Waals surface area contributed by atoms with Gasteiger partial charge in [-0.3, -0.25) is 0 Å². The van der Waals surface area contributed by atoms with E-state index in [1.807, 2.05) is 6.07 Å². The Kier molecular flexibility index (Phi) is 5.31. The first-order chi connectivity index (χ1) is 6.43. The van der Waals surface area contributed by atoms with E-state index in [4.69, 9.17) is 0 Å². The van der Waals surface area contributed by atoms with E-state index in [2.05, 4.69) is 31.2 Å². The quantitative estimate of drug-likeness (QED) is 0.601. The van der Waals surface area contributed by atoms with E-state index in [0.29, 0.717) is 0 Å². The highest BCUT2D eigenvalue weighted by Crippen LogP contribution is 2.15. The Hall–Kier alpha value is -0.780. The molecule has 2 rings (SSSR count). The number of hydrogen-bond acceptors (Lipinski definition) is 0. The fourth-order valence-corrected chi connectivity index (χ4v) is 1.60. The summed E-state index contributed by atoms with van der Waals surface area (Å²) in [5, 5.41) is 0. The predicted molar refractivity (Wildman–Crippen MR) is 58.9 cm³/mol. The molecule has 0 nitrogen and oxygen atoms in total. The normalized spacial score (nSPS) is 14.8. The summed E-state index contributed by atoms with van der Waals surface area (Å²) in [7, 11) is 0. The van der Waals surface area contributed by atoms with Crippen LogP contribution in [0.4, 0.5) is 0 Å². The van der Waals surface area contributed by atoms with Crippen LogP contribution in [0.1, 0.15) is 44.6 Å². The van der Waals surface area contributed by atoms with Crippen LogP contribution in [0.25, 0.3) is 0 Å². The third kappa shape index (κ3) is 4.72. The fourth-order valence-electron chi connectivity index (χ4n) is 1.60. The molecule has 72 valence electrons. The van der Waals surface area contributed by atoms with Crippen molar-refractivity contribution in [2.45, 2.75) is 45.4 Å². The van der Waals surface area contributed by atoms with Crippen LogP contribution >= 0.6 is 0 Å². The molecule has 1 saturated carbocycles. The first-order valence-electron chi connectivity index (χ1n) is 5.47. The molecule has 0 bridgehead atoms. The van der Waals surface area contributed by atoms with Gasteiger partial charge in [0.1, 0.15) is 0 Å². The van der Waals surface area contributed by atoms with Crippen molar-refractivity contribution in [2.75, 3.05) is 0 Å². The van der Waals surface area contributed by atoms with Crippen LogP contribution in [0, 0.1) is 0 Å². The fraction of sp³-hybridized carbons (Fsp3) is 0.538. The molecule has 0 N–H and O–H groups in total. The second kappa shape index (κ2) is 6.71. The highest BCUT2D eigenvalue weighted by molar-refractivity contribution is 5.13. The van der Waals surface area contributed by atoms with Gasteiger partial charge < -0.3 is 0 Å². The van der Waals surface area contributed by atoms with Gasteiger partial charge in [0.15, 0.2) is 0 Å². The smallest absolute Gasteiger partial charge is 0.0307 e. The lowest BCUT2D eigenvalue weighted by atomic mass is 10.2. The van der Waals surface area contributed by atoms with Gasteiger partial charge in [-0.1, -0.05) is 69.4 Å². The van der Waals surface area contributed by atoms with E-state index < -0.39 is 0 Å². The van der Waals surface area contributed by atoms with Crippen molar-refractivity contribution in [3.8, 4) is 0 Å². The molecule has 0 amide bonds. The lowest BCUT2D eigenvalue weighted by Gasteiger charge is -1.89. The Morgan fingerprint density at radius 2 is 1.31 bits per heavy atom. The molecule has 0 heteroatoms. The summed E-state index contributed by atoms with van der Waals surface area (Å²) in [5.74, 6) is 0. The van der Waals surface area contributed by atoms with Crippen molar-refractivity contribution in [3.05, 3.63) is 35.9 Å². The maximum atomic E-state index is 2.16. The van der Waals surface area contributed by atoms with Crippen molar-refractivity contribution in [1.29, 1.82) is 0 Å². The highest BCUT2D eigenvalue weighted by Gasteiger charge is 1.95. The summed E-state index contributed by atoms with van der Waals surface area (Å²) < 4.78 is 0. The summed E-state index contributed by atoms with van der Waals surface area (Å²) in [4.78, 5) is 0. The topological polar surface area (TPSA) is 0 Å². The second-order valence-corrected chi connectivity index (χ2v) is 3.61. The molecule has 0 heterocycles. The van der Waals surface area contributed by atoms with Gasteiger partial charge in [-0.15, -0.1) is 0 Å². The van der Waals surface area contributed by atoms with Gasteiger partial charge in [0.25, 0.3) is 0 Å². The van der Waals surface area contributed by atoms with Crippen LogP contribution < -0.4 is 0 Å². The van der Waals surface area contributed by atoms with Gasteiger partial charge in [-0.25, -0.2) is 0 Å². The van der Waals surface area contributed by atoms with Gasteiger partial charge in [-0.2, -0.15) is 0 Å². The Bertz CT molecular complexity index is 189. The van der Waals surface area contributed by atoms with Crippen molar-refractivity contribution >= 4 is 0 Å². The first-order valence-corrected chi connectivity index (χ1v) is 5.47. The molecule has 0 aliphatic heterocycles. The highest BCUT2D eigenvalue weighted by atomic mass is 14.0. The standard InChI is InChI=1S/C8H10.C5H10/c1-2-8-6-4-3-5-7-8;1-2-4-5-3-1/h3-7H,2H2,1H3;1-5H2. The predicted octanol–water partition coefficient (Wildman–Crippen LogP) is 4.20. The Labute approximate surface area is 82.0 Å². The minimum Gasteiger partial charge on any atom is -0.0622 e. The van der Waals surface area contributed by atoms with Gasteiger partial charge in [-0.05, 0) is 12.0 Å². The van der Waals surface area contributed by atoms with Crippen LogP contribution in [-0.2, 0) is 6.42 Å². The number of hydrogen-bond donors (Lipinski definition) is 0. The number of aryl methyl sites for hydroxylation is 1. The molecule has 1 aliphatic rings. The zero-order valence-corrected chi connectivity index (χ0v) is 8.63. The minimum absolute atomic E-state index is 1.14. The van der Waals surface area contributed by atoms with Crippen LogP contribution in [0.3, 0.4) is 0 Å². The largest absolute Gasteiger partial charge is 0.0622 e. The lowest BCUT2D eigenvalue weighted by Crippen LogP contribution is -1.73. The van der Waals surface area contributed by atoms with Crippen molar-refractivity contribution < 1.29 is 0 Å². The van der Waals surface area contributed by atoms with Crippen molar-refractivity contribution in [2.24, 2.45) is 0 Å². The summed E-state index contributed by atoms with van der Waals surface area (Å²) >= 11 is 0. The zero-order chi connectivity index (χ0) is 9.36. The Morgan fingerprint density at radius 3 is 1.62 bits per heavy atom. The van der Waals surface area contributed by atoms with Gasteiger partial charge in [0, 0.05) is 0 Å². The molecule has 1 aromatic rings. The summed E-state index contributed by atoms with van der Waals surface area (Å²) in [6.07, 6.45) is 8.64. The van der Waals surface area contributed by atoms with Crippen LogP contribution in [-0.4, -0.2) is 0 Å². The molecule has 0 atom stereocenters. The summed E-state index contributed by atoms with van der Waals surface area (Å²) in [6, 6.07) is 10.5. The molecular formula is C13H20. The van der Waals surface area contributed by atoms with Gasteiger partial charge >= 0.3 is 0 Å². The molecule has 1 fully saturated rings. The van der Waals surface area contributed by atoms with Crippen LogP contribution in [0.2, 0.25) is 0 Å². The SMILES string of the molecule is C1CCCC1.CCc1ccccc1. The number of rotatable bonds is 1. The van der Waals surface area contributed by atoms with E-state index in [0.717, 1.165) is 6.42 Å². The van der Waals surface area contributed by atoms with Crippen molar-refractivity contribution in [1.82, 2.24) is 0 Å². The third-order valence-corrected chi connectivity index (χ3v) is 2.50. The lowest BCUT2D eigenvalue weighted by molar-refractivity contribution is 0.886. The average Bonchev–Trinajstić information content (AvgIpc) is 2.77. The second-order valence-electron chi connectivity index (χ2n) is 3.61. The van der Waals surface area contributed by atoms with E-state index in [9.17, 15) is 0 Å². The van der Waals surface area contributed by atoms with E-state index in [1.54, 1.807) is 0 Å². The van der Waals surface area contributed by atoms with Crippen LogP contribution in [0.5, 0.6) is 0 Å². The monoisotopic (exact) mass is 176 g/mol. The first kappa shape index (κ1) is 10.3. The zero-order valence-electron chi connectivity index (χ0n) is 8.63. The summed E-state index contributed by atoms with van der Waals surface area (Å²) in [5.41, 5.74) is 1.41. The molecule has 0 aromatic heterocycles. The minimum atomic E-state index is 1.14.